The number of nitrogens with zero attached hydrogens (tertiary/aromatic N) is 1. The lowest BCUT2D eigenvalue weighted by molar-refractivity contribution is 0.0950. The van der Waals surface area contributed by atoms with Crippen LogP contribution in [0.25, 0.3) is 21.8 Å². The SMILES string of the molecule is CCOc1ccc(CCNC(=O)c2cc3ccc4ccc(C)[nH]c4c3n2)cc1OCC. The van der Waals surface area contributed by atoms with Gasteiger partial charge in [0.15, 0.2) is 11.5 Å². The molecule has 0 aliphatic rings. The molecule has 4 rings (SSSR count). The Morgan fingerprint density at radius 2 is 1.71 bits per heavy atom. The van der Waals surface area contributed by atoms with E-state index in [2.05, 4.69) is 21.4 Å². The fourth-order valence-electron chi connectivity index (χ4n) is 3.66. The van der Waals surface area contributed by atoms with Crippen LogP contribution in [0.3, 0.4) is 0 Å². The number of carbonyl (C=O) groups is 1. The molecule has 31 heavy (non-hydrogen) atoms. The summed E-state index contributed by atoms with van der Waals surface area (Å²) in [5.74, 6) is 1.30. The van der Waals surface area contributed by atoms with Crippen LogP contribution < -0.4 is 14.8 Å². The lowest BCUT2D eigenvalue weighted by Crippen LogP contribution is -2.25. The lowest BCUT2D eigenvalue weighted by Gasteiger charge is -2.12. The Bertz CT molecular complexity index is 1230. The molecular formula is C25H27N3O3. The summed E-state index contributed by atoms with van der Waals surface area (Å²) in [7, 11) is 0. The van der Waals surface area contributed by atoms with E-state index in [0.717, 1.165) is 44.6 Å². The Hall–Kier alpha value is -3.54. The molecule has 0 aliphatic heterocycles. The first-order valence-corrected chi connectivity index (χ1v) is 10.6. The number of benzene rings is 2. The smallest absolute Gasteiger partial charge is 0.269 e. The van der Waals surface area contributed by atoms with E-state index >= 15 is 0 Å². The number of aromatic amines is 1. The van der Waals surface area contributed by atoms with Crippen molar-refractivity contribution < 1.29 is 14.3 Å². The van der Waals surface area contributed by atoms with Crippen molar-refractivity contribution in [3.05, 3.63) is 65.5 Å². The van der Waals surface area contributed by atoms with E-state index in [1.165, 1.54) is 0 Å². The Labute approximate surface area is 181 Å². The summed E-state index contributed by atoms with van der Waals surface area (Å²) in [6.45, 7) is 7.56. The lowest BCUT2D eigenvalue weighted by atomic mass is 10.1. The maximum Gasteiger partial charge on any atom is 0.269 e. The van der Waals surface area contributed by atoms with E-state index in [1.807, 2.05) is 63.2 Å². The maximum absolute atomic E-state index is 12.7. The Morgan fingerprint density at radius 3 is 2.52 bits per heavy atom. The van der Waals surface area contributed by atoms with Crippen LogP contribution in [0.2, 0.25) is 0 Å². The number of fused-ring (bicyclic) bond motifs is 3. The molecule has 0 aliphatic carbocycles. The normalized spacial score (nSPS) is 11.1. The number of carbonyl (C=O) groups excluding carboxylic acids is 1. The van der Waals surface area contributed by atoms with E-state index in [9.17, 15) is 4.79 Å². The summed E-state index contributed by atoms with van der Waals surface area (Å²) >= 11 is 0. The molecule has 0 atom stereocenters. The van der Waals surface area contributed by atoms with Gasteiger partial charge in [-0.15, -0.1) is 0 Å². The first kappa shape index (κ1) is 20.7. The highest BCUT2D eigenvalue weighted by molar-refractivity contribution is 6.07. The molecule has 6 heteroatoms. The summed E-state index contributed by atoms with van der Waals surface area (Å²) in [5, 5.41) is 5.00. The highest BCUT2D eigenvalue weighted by atomic mass is 16.5. The van der Waals surface area contributed by atoms with Crippen molar-refractivity contribution in [3.63, 3.8) is 0 Å². The average molecular weight is 418 g/mol. The second-order valence-electron chi connectivity index (χ2n) is 7.40. The van der Waals surface area contributed by atoms with Crippen molar-refractivity contribution in [2.45, 2.75) is 27.2 Å². The van der Waals surface area contributed by atoms with Gasteiger partial charge in [-0.1, -0.05) is 24.3 Å². The second-order valence-corrected chi connectivity index (χ2v) is 7.40. The minimum Gasteiger partial charge on any atom is -0.490 e. The molecule has 2 aromatic heterocycles. The van der Waals surface area contributed by atoms with Gasteiger partial charge in [-0.05, 0) is 57.0 Å². The number of nitrogens with one attached hydrogen (secondary N) is 2. The number of aryl methyl sites for hydroxylation is 1. The highest BCUT2D eigenvalue weighted by Gasteiger charge is 2.13. The van der Waals surface area contributed by atoms with Gasteiger partial charge < -0.3 is 19.8 Å². The van der Waals surface area contributed by atoms with Gasteiger partial charge in [-0.3, -0.25) is 4.79 Å². The zero-order chi connectivity index (χ0) is 21.8. The molecule has 0 bridgehead atoms. The average Bonchev–Trinajstić information content (AvgIpc) is 3.21. The van der Waals surface area contributed by atoms with Crippen LogP contribution in [0, 0.1) is 6.92 Å². The molecule has 4 aromatic rings. The summed E-state index contributed by atoms with van der Waals surface area (Å²) < 4.78 is 11.3. The van der Waals surface area contributed by atoms with Crippen molar-refractivity contribution in [3.8, 4) is 11.5 Å². The van der Waals surface area contributed by atoms with Crippen LogP contribution in [-0.2, 0) is 6.42 Å². The third-order valence-corrected chi connectivity index (χ3v) is 5.14. The quantitative estimate of drug-likeness (QED) is 0.432. The molecule has 160 valence electrons. The monoisotopic (exact) mass is 417 g/mol. The fraction of sp³-hybridized carbons (Fsp3) is 0.280. The Balaban J connectivity index is 1.45. The number of hydrogen-bond acceptors (Lipinski definition) is 4. The van der Waals surface area contributed by atoms with Crippen LogP contribution >= 0.6 is 0 Å². The molecule has 2 aromatic carbocycles. The van der Waals surface area contributed by atoms with Gasteiger partial charge in [0.25, 0.3) is 5.91 Å². The summed E-state index contributed by atoms with van der Waals surface area (Å²) in [6, 6.07) is 15.9. The predicted octanol–water partition coefficient (Wildman–Crippen LogP) is 4.79. The second kappa shape index (κ2) is 9.08. The zero-order valence-corrected chi connectivity index (χ0v) is 18.1. The first-order chi connectivity index (χ1) is 15.1. The van der Waals surface area contributed by atoms with Crippen LogP contribution in [0.1, 0.15) is 35.6 Å². The van der Waals surface area contributed by atoms with Crippen molar-refractivity contribution >= 4 is 27.7 Å². The Morgan fingerprint density at radius 1 is 0.968 bits per heavy atom. The Kier molecular flexibility index (Phi) is 6.07. The summed E-state index contributed by atoms with van der Waals surface area (Å²) in [4.78, 5) is 20.6. The van der Waals surface area contributed by atoms with Crippen molar-refractivity contribution in [1.82, 2.24) is 15.3 Å². The molecule has 0 saturated heterocycles. The number of aromatic nitrogens is 2. The fourth-order valence-corrected chi connectivity index (χ4v) is 3.66. The van der Waals surface area contributed by atoms with Gasteiger partial charge in [-0.25, -0.2) is 4.98 Å². The minimum atomic E-state index is -0.173. The number of pyridine rings is 1. The number of amides is 1. The van der Waals surface area contributed by atoms with E-state index < -0.39 is 0 Å². The zero-order valence-electron chi connectivity index (χ0n) is 18.1. The van der Waals surface area contributed by atoms with E-state index in [0.29, 0.717) is 31.9 Å². The minimum absolute atomic E-state index is 0.173. The van der Waals surface area contributed by atoms with Crippen molar-refractivity contribution in [2.75, 3.05) is 19.8 Å². The molecule has 0 fully saturated rings. The van der Waals surface area contributed by atoms with Crippen LogP contribution in [0.4, 0.5) is 0 Å². The molecule has 0 saturated carbocycles. The van der Waals surface area contributed by atoms with Gasteiger partial charge >= 0.3 is 0 Å². The van der Waals surface area contributed by atoms with Crippen molar-refractivity contribution in [1.29, 1.82) is 0 Å². The van der Waals surface area contributed by atoms with Crippen LogP contribution in [-0.4, -0.2) is 35.6 Å². The molecule has 0 radical (unpaired) electrons. The van der Waals surface area contributed by atoms with E-state index in [-0.39, 0.29) is 5.91 Å². The summed E-state index contributed by atoms with van der Waals surface area (Å²) in [6.07, 6.45) is 0.689. The van der Waals surface area contributed by atoms with Crippen molar-refractivity contribution in [2.24, 2.45) is 0 Å². The molecule has 0 spiro atoms. The van der Waals surface area contributed by atoms with Crippen LogP contribution in [0.5, 0.6) is 11.5 Å². The number of hydrogen-bond donors (Lipinski definition) is 2. The maximum atomic E-state index is 12.7. The molecule has 1 amide bonds. The molecule has 6 nitrogen and oxygen atoms in total. The van der Waals surface area contributed by atoms with Crippen LogP contribution in [0.15, 0.2) is 48.5 Å². The molecular weight excluding hydrogens is 390 g/mol. The van der Waals surface area contributed by atoms with Gasteiger partial charge in [-0.2, -0.15) is 0 Å². The van der Waals surface area contributed by atoms with Gasteiger partial charge in [0.05, 0.1) is 24.2 Å². The largest absolute Gasteiger partial charge is 0.490 e. The summed E-state index contributed by atoms with van der Waals surface area (Å²) in [5.41, 5.74) is 4.33. The molecule has 2 N–H and O–H groups in total. The standard InChI is InChI=1S/C25H27N3O3/c1-4-30-21-11-7-17(14-22(21)31-5-2)12-13-26-25(29)20-15-19-10-9-18-8-6-16(3)27-23(18)24(19)28-20/h6-11,14-15,27H,4-5,12-13H2,1-3H3,(H,26,29). The number of ether oxygens (including phenoxy) is 2. The molecule has 0 unspecified atom stereocenters. The van der Waals surface area contributed by atoms with E-state index in [1.54, 1.807) is 0 Å². The molecule has 2 heterocycles. The van der Waals surface area contributed by atoms with Gasteiger partial charge in [0.1, 0.15) is 5.69 Å². The third-order valence-electron chi connectivity index (χ3n) is 5.14. The first-order valence-electron chi connectivity index (χ1n) is 10.6. The number of rotatable bonds is 8. The highest BCUT2D eigenvalue weighted by Crippen LogP contribution is 2.29. The topological polar surface area (TPSA) is 76.2 Å². The third kappa shape index (κ3) is 4.48. The number of H-pyrrole nitrogens is 1. The van der Waals surface area contributed by atoms with Gasteiger partial charge in [0, 0.05) is 23.0 Å². The van der Waals surface area contributed by atoms with Gasteiger partial charge in [0.2, 0.25) is 0 Å². The predicted molar refractivity (Wildman–Crippen MR) is 123 cm³/mol. The van der Waals surface area contributed by atoms with E-state index in [4.69, 9.17) is 9.47 Å².